The van der Waals surface area contributed by atoms with Crippen LogP contribution in [0.5, 0.6) is 5.75 Å². The summed E-state index contributed by atoms with van der Waals surface area (Å²) in [4.78, 5) is 27.3. The number of amides is 1. The number of pyridine rings is 1. The molecule has 2 N–H and O–H groups in total. The molecule has 1 aromatic heterocycles. The Morgan fingerprint density at radius 3 is 2.54 bits per heavy atom. The third kappa shape index (κ3) is 2.88. The van der Waals surface area contributed by atoms with Gasteiger partial charge in [-0.3, -0.25) is 9.78 Å². The Bertz CT molecular complexity index is 1010. The Hall–Kier alpha value is -3.67. The zero-order valence-electron chi connectivity index (χ0n) is 13.6. The molecule has 0 atom stereocenters. The van der Waals surface area contributed by atoms with Crippen LogP contribution >= 0.6 is 0 Å². The average molecular weight is 346 g/mol. The summed E-state index contributed by atoms with van der Waals surface area (Å²) in [6.07, 6.45) is 3.53. The zero-order chi connectivity index (χ0) is 18.1. The molecule has 0 radical (unpaired) electrons. The molecule has 1 amide bonds. The number of anilines is 1. The second-order valence-electron chi connectivity index (χ2n) is 5.87. The van der Waals surface area contributed by atoms with Crippen molar-refractivity contribution in [2.45, 2.75) is 6.61 Å². The molecule has 3 aromatic rings. The summed E-state index contributed by atoms with van der Waals surface area (Å²) >= 11 is 0. The molecule has 0 saturated heterocycles. The number of aromatic carboxylic acids is 1. The number of hydrogen-bond donors (Lipinski definition) is 2. The van der Waals surface area contributed by atoms with Crippen LogP contribution in [0.1, 0.15) is 26.3 Å². The first kappa shape index (κ1) is 15.8. The molecule has 1 aliphatic rings. The highest BCUT2D eigenvalue weighted by atomic mass is 16.5. The van der Waals surface area contributed by atoms with Crippen molar-refractivity contribution in [3.05, 3.63) is 77.6 Å². The molecule has 2 aromatic carbocycles. The average Bonchev–Trinajstić information content (AvgIpc) is 2.67. The lowest BCUT2D eigenvalue weighted by Gasteiger charge is -2.21. The van der Waals surface area contributed by atoms with Gasteiger partial charge in [-0.2, -0.15) is 0 Å². The van der Waals surface area contributed by atoms with Crippen LogP contribution in [-0.2, 0) is 6.61 Å². The maximum absolute atomic E-state index is 12.4. The van der Waals surface area contributed by atoms with Crippen molar-refractivity contribution in [2.75, 3.05) is 5.32 Å². The fourth-order valence-electron chi connectivity index (χ4n) is 2.87. The number of aromatic nitrogens is 1. The Morgan fingerprint density at radius 1 is 1.00 bits per heavy atom. The van der Waals surface area contributed by atoms with E-state index in [2.05, 4.69) is 10.3 Å². The predicted molar refractivity (Wildman–Crippen MR) is 95.4 cm³/mol. The number of carbonyl (C=O) groups is 2. The number of nitrogens with one attached hydrogen (secondary N) is 1. The highest BCUT2D eigenvalue weighted by molar-refractivity contribution is 6.05. The third-order valence-corrected chi connectivity index (χ3v) is 4.21. The zero-order valence-corrected chi connectivity index (χ0v) is 13.6. The number of hydrogen-bond acceptors (Lipinski definition) is 4. The number of benzene rings is 2. The lowest BCUT2D eigenvalue weighted by atomic mass is 9.98. The van der Waals surface area contributed by atoms with Gasteiger partial charge in [0.2, 0.25) is 0 Å². The summed E-state index contributed by atoms with van der Waals surface area (Å²) in [6.45, 7) is 0.435. The smallest absolute Gasteiger partial charge is 0.335 e. The van der Waals surface area contributed by atoms with Crippen LogP contribution in [0.25, 0.3) is 11.1 Å². The molecule has 128 valence electrons. The van der Waals surface area contributed by atoms with Gasteiger partial charge in [0.05, 0.1) is 5.56 Å². The van der Waals surface area contributed by atoms with Gasteiger partial charge >= 0.3 is 5.97 Å². The van der Waals surface area contributed by atoms with E-state index in [-0.39, 0.29) is 11.5 Å². The fourth-order valence-corrected chi connectivity index (χ4v) is 2.87. The van der Waals surface area contributed by atoms with Crippen LogP contribution in [0.3, 0.4) is 0 Å². The predicted octanol–water partition coefficient (Wildman–Crippen LogP) is 3.59. The molecular weight excluding hydrogens is 332 g/mol. The van der Waals surface area contributed by atoms with Crippen molar-refractivity contribution < 1.29 is 19.4 Å². The highest BCUT2D eigenvalue weighted by Gasteiger charge is 2.18. The van der Waals surface area contributed by atoms with Gasteiger partial charge in [-0.25, -0.2) is 4.79 Å². The standard InChI is InChI=1S/C20H14N2O4/c23-19(12-1-3-13(4-2-12)20(24)25)22-15-5-6-17-16-7-8-21-10-14(16)11-26-18(17)9-15/h1-10H,11H2,(H,22,23)(H,24,25). The summed E-state index contributed by atoms with van der Waals surface area (Å²) in [5.74, 6) is -0.649. The molecule has 0 saturated carbocycles. The van der Waals surface area contributed by atoms with E-state index >= 15 is 0 Å². The molecule has 0 fully saturated rings. The van der Waals surface area contributed by atoms with E-state index in [1.807, 2.05) is 12.1 Å². The summed E-state index contributed by atoms with van der Waals surface area (Å²) in [7, 11) is 0. The summed E-state index contributed by atoms with van der Waals surface area (Å²) in [6, 6.07) is 13.2. The Balaban J connectivity index is 1.56. The van der Waals surface area contributed by atoms with E-state index in [1.165, 1.54) is 24.3 Å². The molecule has 6 nitrogen and oxygen atoms in total. The first-order chi connectivity index (χ1) is 12.6. The second kappa shape index (κ2) is 6.33. The Kier molecular flexibility index (Phi) is 3.85. The fraction of sp³-hybridized carbons (Fsp3) is 0.0500. The van der Waals surface area contributed by atoms with Gasteiger partial charge in [0.15, 0.2) is 0 Å². The molecule has 4 rings (SSSR count). The van der Waals surface area contributed by atoms with Crippen molar-refractivity contribution >= 4 is 17.6 Å². The van der Waals surface area contributed by atoms with Crippen LogP contribution in [-0.4, -0.2) is 22.0 Å². The lowest BCUT2D eigenvalue weighted by Crippen LogP contribution is -2.13. The van der Waals surface area contributed by atoms with E-state index in [9.17, 15) is 9.59 Å². The van der Waals surface area contributed by atoms with Gasteiger partial charge in [0.25, 0.3) is 5.91 Å². The molecule has 0 aliphatic carbocycles. The minimum absolute atomic E-state index is 0.136. The Morgan fingerprint density at radius 2 is 1.77 bits per heavy atom. The van der Waals surface area contributed by atoms with Gasteiger partial charge < -0.3 is 15.2 Å². The van der Waals surface area contributed by atoms with Gasteiger partial charge in [0, 0.05) is 40.8 Å². The first-order valence-corrected chi connectivity index (χ1v) is 7.96. The Labute approximate surface area is 149 Å². The van der Waals surface area contributed by atoms with Crippen molar-refractivity contribution in [3.8, 4) is 16.9 Å². The number of rotatable bonds is 3. The molecule has 0 spiro atoms. The van der Waals surface area contributed by atoms with Gasteiger partial charge in [-0.15, -0.1) is 0 Å². The normalized spacial score (nSPS) is 11.7. The van der Waals surface area contributed by atoms with Crippen LogP contribution < -0.4 is 10.1 Å². The van der Waals surface area contributed by atoms with Gasteiger partial charge in [-0.1, -0.05) is 0 Å². The lowest BCUT2D eigenvalue weighted by molar-refractivity contribution is 0.0696. The van der Waals surface area contributed by atoms with Crippen LogP contribution in [0, 0.1) is 0 Å². The van der Waals surface area contributed by atoms with E-state index in [1.54, 1.807) is 24.5 Å². The summed E-state index contributed by atoms with van der Waals surface area (Å²) in [5.41, 5.74) is 4.17. The molecule has 1 aliphatic heterocycles. The molecule has 2 heterocycles. The van der Waals surface area contributed by atoms with E-state index in [4.69, 9.17) is 9.84 Å². The number of carboxylic acid groups (broad SMARTS) is 1. The van der Waals surface area contributed by atoms with Crippen LogP contribution in [0.4, 0.5) is 5.69 Å². The monoisotopic (exact) mass is 346 g/mol. The van der Waals surface area contributed by atoms with Crippen LogP contribution in [0.2, 0.25) is 0 Å². The number of carboxylic acids is 1. The molecular formula is C20H14N2O4. The SMILES string of the molecule is O=C(O)c1ccc(C(=O)Nc2ccc3c(c2)OCc2cnccc2-3)cc1. The van der Waals surface area contributed by atoms with E-state index in [0.717, 1.165) is 16.7 Å². The number of ether oxygens (including phenoxy) is 1. The first-order valence-electron chi connectivity index (χ1n) is 7.96. The van der Waals surface area contributed by atoms with E-state index < -0.39 is 5.97 Å². The molecule has 0 bridgehead atoms. The maximum atomic E-state index is 12.4. The highest BCUT2D eigenvalue weighted by Crippen LogP contribution is 2.38. The molecule has 6 heteroatoms. The second-order valence-corrected chi connectivity index (χ2v) is 5.87. The van der Waals surface area contributed by atoms with Crippen LogP contribution in [0.15, 0.2) is 60.9 Å². The molecule has 26 heavy (non-hydrogen) atoms. The van der Waals surface area contributed by atoms with Gasteiger partial charge in [-0.05, 0) is 48.0 Å². The van der Waals surface area contributed by atoms with Crippen molar-refractivity contribution in [1.29, 1.82) is 0 Å². The number of carbonyl (C=O) groups excluding carboxylic acids is 1. The number of fused-ring (bicyclic) bond motifs is 3. The van der Waals surface area contributed by atoms with Crippen molar-refractivity contribution in [1.82, 2.24) is 4.98 Å². The van der Waals surface area contributed by atoms with Crippen molar-refractivity contribution in [2.24, 2.45) is 0 Å². The van der Waals surface area contributed by atoms with Crippen molar-refractivity contribution in [3.63, 3.8) is 0 Å². The van der Waals surface area contributed by atoms with Gasteiger partial charge in [0.1, 0.15) is 12.4 Å². The summed E-state index contributed by atoms with van der Waals surface area (Å²) < 4.78 is 5.76. The largest absolute Gasteiger partial charge is 0.488 e. The maximum Gasteiger partial charge on any atom is 0.335 e. The van der Waals surface area contributed by atoms with E-state index in [0.29, 0.717) is 23.6 Å². The minimum atomic E-state index is -1.03. The third-order valence-electron chi connectivity index (χ3n) is 4.21. The minimum Gasteiger partial charge on any atom is -0.488 e. The quantitative estimate of drug-likeness (QED) is 0.756. The topological polar surface area (TPSA) is 88.5 Å². The summed E-state index contributed by atoms with van der Waals surface area (Å²) in [5, 5.41) is 11.7. The number of nitrogens with zero attached hydrogens (tertiary/aromatic N) is 1. The molecule has 0 unspecified atom stereocenters.